The van der Waals surface area contributed by atoms with Gasteiger partial charge in [0, 0.05) is 11.4 Å². The van der Waals surface area contributed by atoms with E-state index in [2.05, 4.69) is 20.5 Å². The fraction of sp³-hybridized carbons (Fsp3) is 0.333. The summed E-state index contributed by atoms with van der Waals surface area (Å²) in [6, 6.07) is 7.65. The van der Waals surface area contributed by atoms with Gasteiger partial charge in [0.1, 0.15) is 16.9 Å². The van der Waals surface area contributed by atoms with Crippen LogP contribution >= 0.6 is 23.1 Å². The van der Waals surface area contributed by atoms with E-state index < -0.39 is 0 Å². The molecule has 154 valence electrons. The fourth-order valence-corrected chi connectivity index (χ4v) is 5.72. The molecule has 30 heavy (non-hydrogen) atoms. The van der Waals surface area contributed by atoms with Crippen LogP contribution in [0.25, 0.3) is 15.9 Å². The number of aryl methyl sites for hydroxylation is 2. The highest BCUT2D eigenvalue weighted by molar-refractivity contribution is 7.99. The number of hydrogen-bond donors (Lipinski definition) is 1. The average molecular weight is 440 g/mol. The summed E-state index contributed by atoms with van der Waals surface area (Å²) < 4.78 is 7.06. The normalized spacial score (nSPS) is 13.5. The number of aromatic nitrogens is 4. The summed E-state index contributed by atoms with van der Waals surface area (Å²) in [4.78, 5) is 19.4. The molecular weight excluding hydrogens is 418 g/mol. The maximum Gasteiger partial charge on any atom is 0.230 e. The summed E-state index contributed by atoms with van der Waals surface area (Å²) in [5, 5.41) is 13.5. The molecule has 5 rings (SSSR count). The number of methoxy groups -OCH3 is 1. The van der Waals surface area contributed by atoms with Crippen LogP contribution in [0.15, 0.2) is 35.7 Å². The summed E-state index contributed by atoms with van der Waals surface area (Å²) >= 11 is 3.15. The van der Waals surface area contributed by atoms with Gasteiger partial charge in [-0.2, -0.15) is 0 Å². The maximum atomic E-state index is 12.3. The second kappa shape index (κ2) is 8.23. The number of amides is 1. The number of nitrogens with zero attached hydrogens (tertiary/aromatic N) is 4. The second-order valence-electron chi connectivity index (χ2n) is 7.23. The SMILES string of the molecule is COc1ccc(CNC(=O)CSc2nnc3c4c5c(sc4ncn23)CCCC5)cc1. The van der Waals surface area contributed by atoms with Crippen LogP contribution in [0.2, 0.25) is 0 Å². The Morgan fingerprint density at radius 3 is 2.90 bits per heavy atom. The molecule has 7 nitrogen and oxygen atoms in total. The van der Waals surface area contributed by atoms with Crippen LogP contribution in [0.5, 0.6) is 5.75 Å². The van der Waals surface area contributed by atoms with Gasteiger partial charge in [-0.15, -0.1) is 21.5 Å². The number of rotatable bonds is 6. The van der Waals surface area contributed by atoms with Crippen molar-refractivity contribution in [3.8, 4) is 5.75 Å². The molecule has 3 aromatic heterocycles. The van der Waals surface area contributed by atoms with E-state index in [0.717, 1.165) is 40.0 Å². The van der Waals surface area contributed by atoms with E-state index in [9.17, 15) is 4.79 Å². The summed E-state index contributed by atoms with van der Waals surface area (Å²) in [6.07, 6.45) is 6.45. The largest absolute Gasteiger partial charge is 0.497 e. The number of fused-ring (bicyclic) bond motifs is 5. The Morgan fingerprint density at radius 2 is 2.07 bits per heavy atom. The lowest BCUT2D eigenvalue weighted by Crippen LogP contribution is -2.24. The van der Waals surface area contributed by atoms with Crippen molar-refractivity contribution >= 4 is 44.9 Å². The molecule has 1 aliphatic rings. The van der Waals surface area contributed by atoms with Crippen LogP contribution in [0.4, 0.5) is 0 Å². The summed E-state index contributed by atoms with van der Waals surface area (Å²) in [7, 11) is 1.63. The lowest BCUT2D eigenvalue weighted by atomic mass is 9.97. The Hall–Kier alpha value is -2.65. The highest BCUT2D eigenvalue weighted by Crippen LogP contribution is 2.37. The zero-order chi connectivity index (χ0) is 20.5. The third-order valence-electron chi connectivity index (χ3n) is 5.31. The van der Waals surface area contributed by atoms with Gasteiger partial charge in [0.2, 0.25) is 5.91 Å². The van der Waals surface area contributed by atoms with E-state index in [4.69, 9.17) is 4.74 Å². The molecule has 1 aliphatic carbocycles. The van der Waals surface area contributed by atoms with E-state index in [0.29, 0.717) is 11.7 Å². The number of nitrogens with one attached hydrogen (secondary N) is 1. The smallest absolute Gasteiger partial charge is 0.230 e. The molecule has 0 saturated carbocycles. The highest BCUT2D eigenvalue weighted by Gasteiger charge is 2.21. The topological polar surface area (TPSA) is 81.4 Å². The molecule has 1 N–H and O–H groups in total. The molecule has 3 heterocycles. The standard InChI is InChI=1S/C21H21N5O2S2/c1-28-14-8-6-13(7-9-14)10-22-17(27)11-29-21-25-24-19-18-15-4-2-3-5-16(15)30-20(18)23-12-26(19)21/h6-9,12H,2-5,10-11H2,1H3,(H,22,27). The molecule has 1 amide bonds. The zero-order valence-electron chi connectivity index (χ0n) is 16.6. The van der Waals surface area contributed by atoms with Crippen molar-refractivity contribution in [1.29, 1.82) is 0 Å². The number of thiophene rings is 1. The number of carbonyl (C=O) groups excluding carboxylic acids is 1. The fourth-order valence-electron chi connectivity index (χ4n) is 3.76. The van der Waals surface area contributed by atoms with Gasteiger partial charge in [-0.1, -0.05) is 23.9 Å². The quantitative estimate of drug-likeness (QED) is 0.462. The Morgan fingerprint density at radius 1 is 1.23 bits per heavy atom. The van der Waals surface area contributed by atoms with Crippen LogP contribution in [0.3, 0.4) is 0 Å². The molecule has 0 atom stereocenters. The van der Waals surface area contributed by atoms with Crippen molar-refractivity contribution in [3.63, 3.8) is 0 Å². The molecule has 0 radical (unpaired) electrons. The van der Waals surface area contributed by atoms with Crippen LogP contribution in [-0.2, 0) is 24.2 Å². The first kappa shape index (κ1) is 19.3. The van der Waals surface area contributed by atoms with Crippen molar-refractivity contribution in [2.75, 3.05) is 12.9 Å². The van der Waals surface area contributed by atoms with Gasteiger partial charge < -0.3 is 10.1 Å². The van der Waals surface area contributed by atoms with Gasteiger partial charge in [0.25, 0.3) is 0 Å². The van der Waals surface area contributed by atoms with Gasteiger partial charge >= 0.3 is 0 Å². The summed E-state index contributed by atoms with van der Waals surface area (Å²) in [5.41, 5.74) is 3.26. The van der Waals surface area contributed by atoms with E-state index in [1.165, 1.54) is 35.0 Å². The monoisotopic (exact) mass is 439 g/mol. The predicted molar refractivity (Wildman–Crippen MR) is 118 cm³/mol. The first-order valence-electron chi connectivity index (χ1n) is 9.89. The lowest BCUT2D eigenvalue weighted by molar-refractivity contribution is -0.118. The van der Waals surface area contributed by atoms with Crippen LogP contribution in [-0.4, -0.2) is 38.4 Å². The average Bonchev–Trinajstić information content (AvgIpc) is 3.37. The number of hydrogen-bond acceptors (Lipinski definition) is 7. The van der Waals surface area contributed by atoms with Crippen molar-refractivity contribution in [1.82, 2.24) is 24.9 Å². The van der Waals surface area contributed by atoms with E-state index in [-0.39, 0.29) is 11.7 Å². The first-order valence-corrected chi connectivity index (χ1v) is 11.7. The molecule has 9 heteroatoms. The Bertz CT molecular complexity index is 1220. The molecular formula is C21H21N5O2S2. The first-order chi connectivity index (χ1) is 14.7. The second-order valence-corrected chi connectivity index (χ2v) is 9.25. The Labute approximate surface area is 181 Å². The van der Waals surface area contributed by atoms with Crippen molar-refractivity contribution in [2.45, 2.75) is 37.4 Å². The van der Waals surface area contributed by atoms with Gasteiger partial charge in [-0.3, -0.25) is 9.20 Å². The minimum Gasteiger partial charge on any atom is -0.497 e. The Balaban J connectivity index is 1.28. The maximum absolute atomic E-state index is 12.3. The summed E-state index contributed by atoms with van der Waals surface area (Å²) in [5.74, 6) is 1.03. The molecule has 0 saturated heterocycles. The zero-order valence-corrected chi connectivity index (χ0v) is 18.2. The summed E-state index contributed by atoms with van der Waals surface area (Å²) in [6.45, 7) is 0.479. The third-order valence-corrected chi connectivity index (χ3v) is 7.46. The minimum atomic E-state index is -0.0467. The van der Waals surface area contributed by atoms with Crippen molar-refractivity contribution in [3.05, 3.63) is 46.6 Å². The third kappa shape index (κ3) is 3.63. The van der Waals surface area contributed by atoms with Gasteiger partial charge in [-0.05, 0) is 48.9 Å². The highest BCUT2D eigenvalue weighted by atomic mass is 32.2. The number of thioether (sulfide) groups is 1. The van der Waals surface area contributed by atoms with Crippen molar-refractivity contribution in [2.24, 2.45) is 0 Å². The van der Waals surface area contributed by atoms with Gasteiger partial charge in [0.15, 0.2) is 10.8 Å². The Kier molecular flexibility index (Phi) is 5.30. The minimum absolute atomic E-state index is 0.0467. The lowest BCUT2D eigenvalue weighted by Gasteiger charge is -2.10. The number of ether oxygens (including phenoxy) is 1. The van der Waals surface area contributed by atoms with Gasteiger partial charge in [0.05, 0.1) is 18.2 Å². The molecule has 0 bridgehead atoms. The predicted octanol–water partition coefficient (Wildman–Crippen LogP) is 3.63. The molecule has 0 fully saturated rings. The van der Waals surface area contributed by atoms with E-state index in [1.807, 2.05) is 28.7 Å². The van der Waals surface area contributed by atoms with Crippen molar-refractivity contribution < 1.29 is 9.53 Å². The molecule has 4 aromatic rings. The molecule has 0 unspecified atom stereocenters. The van der Waals surface area contributed by atoms with Crippen LogP contribution < -0.4 is 10.1 Å². The molecule has 1 aromatic carbocycles. The molecule has 0 spiro atoms. The van der Waals surface area contributed by atoms with Gasteiger partial charge in [-0.25, -0.2) is 4.98 Å². The number of carbonyl (C=O) groups is 1. The van der Waals surface area contributed by atoms with Crippen LogP contribution in [0, 0.1) is 0 Å². The van der Waals surface area contributed by atoms with Crippen LogP contribution in [0.1, 0.15) is 28.8 Å². The van der Waals surface area contributed by atoms with E-state index >= 15 is 0 Å². The van der Waals surface area contributed by atoms with E-state index in [1.54, 1.807) is 24.8 Å². The number of benzene rings is 1. The molecule has 0 aliphatic heterocycles.